The van der Waals surface area contributed by atoms with E-state index in [4.69, 9.17) is 0 Å². The Hall–Kier alpha value is -2.58. The largest absolute Gasteiger partial charge is 0.350 e. The maximum absolute atomic E-state index is 12.5. The molecule has 124 valence electrons. The van der Waals surface area contributed by atoms with Gasteiger partial charge in [0.15, 0.2) is 5.82 Å². The minimum Gasteiger partial charge on any atom is -0.350 e. The number of carbonyl (C=O) groups is 1. The Balaban J connectivity index is 1.70. The van der Waals surface area contributed by atoms with Crippen LogP contribution < -0.4 is 5.32 Å². The zero-order valence-electron chi connectivity index (χ0n) is 13.5. The van der Waals surface area contributed by atoms with E-state index in [-0.39, 0.29) is 11.9 Å². The topological polar surface area (TPSA) is 75.9 Å². The van der Waals surface area contributed by atoms with E-state index in [1.807, 2.05) is 25.5 Å². The highest BCUT2D eigenvalue weighted by Crippen LogP contribution is 2.22. The van der Waals surface area contributed by atoms with Gasteiger partial charge < -0.3 is 10.2 Å². The maximum Gasteiger partial charge on any atom is 0.251 e. The van der Waals surface area contributed by atoms with Crippen LogP contribution in [-0.4, -0.2) is 51.2 Å². The number of likely N-dealkylation sites (N-methyl/N-ethyl adjacent to an activating group) is 1. The van der Waals surface area contributed by atoms with Crippen LogP contribution in [0.1, 0.15) is 21.3 Å². The van der Waals surface area contributed by atoms with E-state index in [0.717, 1.165) is 0 Å². The summed E-state index contributed by atoms with van der Waals surface area (Å²) < 4.78 is 1.52. The molecule has 0 aromatic carbocycles. The van der Waals surface area contributed by atoms with Gasteiger partial charge in [0.05, 0.1) is 6.04 Å². The molecule has 3 aromatic heterocycles. The second-order valence-electron chi connectivity index (χ2n) is 5.45. The van der Waals surface area contributed by atoms with E-state index < -0.39 is 0 Å². The van der Waals surface area contributed by atoms with Gasteiger partial charge in [-0.1, -0.05) is 6.07 Å². The fourth-order valence-corrected chi connectivity index (χ4v) is 3.24. The Labute approximate surface area is 144 Å². The molecule has 3 heterocycles. The molecule has 0 unspecified atom stereocenters. The van der Waals surface area contributed by atoms with Gasteiger partial charge in [-0.2, -0.15) is 5.10 Å². The minimum absolute atomic E-state index is 0.137. The molecule has 0 saturated heterocycles. The first-order chi connectivity index (χ1) is 11.6. The van der Waals surface area contributed by atoms with Gasteiger partial charge in [-0.15, -0.1) is 11.3 Å². The molecule has 8 heteroatoms. The van der Waals surface area contributed by atoms with Crippen molar-refractivity contribution in [2.75, 3.05) is 20.6 Å². The molecule has 0 aliphatic carbocycles. The number of carbonyl (C=O) groups excluding carboxylic acids is 1. The molecule has 0 aliphatic heterocycles. The maximum atomic E-state index is 12.5. The van der Waals surface area contributed by atoms with Crippen molar-refractivity contribution in [2.45, 2.75) is 6.04 Å². The summed E-state index contributed by atoms with van der Waals surface area (Å²) in [5, 5.41) is 9.06. The van der Waals surface area contributed by atoms with Crippen LogP contribution in [0.2, 0.25) is 0 Å². The highest BCUT2D eigenvalue weighted by atomic mass is 32.1. The summed E-state index contributed by atoms with van der Waals surface area (Å²) in [4.78, 5) is 23.9. The molecule has 1 N–H and O–H groups in total. The third kappa shape index (κ3) is 3.66. The van der Waals surface area contributed by atoms with Gasteiger partial charge in [-0.05, 0) is 37.7 Å². The molecule has 0 radical (unpaired) electrons. The first kappa shape index (κ1) is 16.3. The van der Waals surface area contributed by atoms with E-state index in [9.17, 15) is 4.79 Å². The fourth-order valence-electron chi connectivity index (χ4n) is 2.32. The van der Waals surface area contributed by atoms with Crippen LogP contribution in [0.3, 0.4) is 0 Å². The van der Waals surface area contributed by atoms with Crippen molar-refractivity contribution in [2.24, 2.45) is 0 Å². The van der Waals surface area contributed by atoms with Crippen molar-refractivity contribution in [1.29, 1.82) is 0 Å². The van der Waals surface area contributed by atoms with Crippen LogP contribution in [0.25, 0.3) is 5.82 Å². The molecular weight excluding hydrogens is 324 g/mol. The second kappa shape index (κ2) is 7.33. The van der Waals surface area contributed by atoms with E-state index in [1.54, 1.807) is 36.0 Å². The van der Waals surface area contributed by atoms with Gasteiger partial charge >= 0.3 is 0 Å². The van der Waals surface area contributed by atoms with Crippen molar-refractivity contribution in [3.8, 4) is 5.82 Å². The molecule has 1 atom stereocenters. The van der Waals surface area contributed by atoms with Crippen molar-refractivity contribution in [1.82, 2.24) is 30.0 Å². The van der Waals surface area contributed by atoms with Crippen LogP contribution in [0.4, 0.5) is 0 Å². The number of nitrogens with one attached hydrogen (secondary N) is 1. The summed E-state index contributed by atoms with van der Waals surface area (Å²) in [6, 6.07) is 7.62. The fraction of sp³-hybridized carbons (Fsp3) is 0.250. The standard InChI is InChI=1S/C16H18N6OS/c1-21(2)13(14-4-3-7-24-14)9-19-16(23)12-5-6-18-15(8-12)22-11-17-10-20-22/h3-8,10-11,13H,9H2,1-2H3,(H,19,23)/t13-/m0/s1. The van der Waals surface area contributed by atoms with Gasteiger partial charge in [0.1, 0.15) is 12.7 Å². The number of nitrogens with zero attached hydrogens (tertiary/aromatic N) is 5. The molecule has 24 heavy (non-hydrogen) atoms. The molecule has 7 nitrogen and oxygen atoms in total. The van der Waals surface area contributed by atoms with Crippen LogP contribution in [-0.2, 0) is 0 Å². The third-order valence-corrected chi connectivity index (χ3v) is 4.59. The lowest BCUT2D eigenvalue weighted by molar-refractivity contribution is 0.0942. The summed E-state index contributed by atoms with van der Waals surface area (Å²) in [6.07, 6.45) is 4.56. The number of amides is 1. The summed E-state index contributed by atoms with van der Waals surface area (Å²) >= 11 is 1.69. The van der Waals surface area contributed by atoms with E-state index >= 15 is 0 Å². The van der Waals surface area contributed by atoms with Crippen LogP contribution >= 0.6 is 11.3 Å². The van der Waals surface area contributed by atoms with E-state index in [2.05, 4.69) is 31.3 Å². The molecule has 3 rings (SSSR count). The zero-order chi connectivity index (χ0) is 16.9. The minimum atomic E-state index is -0.137. The molecule has 0 fully saturated rings. The number of thiophene rings is 1. The molecule has 1 amide bonds. The highest BCUT2D eigenvalue weighted by Gasteiger charge is 2.17. The lowest BCUT2D eigenvalue weighted by Crippen LogP contribution is -2.34. The molecule has 0 saturated carbocycles. The number of aromatic nitrogens is 4. The summed E-state index contributed by atoms with van der Waals surface area (Å²) in [5.41, 5.74) is 0.541. The zero-order valence-corrected chi connectivity index (χ0v) is 14.3. The van der Waals surface area contributed by atoms with Crippen molar-refractivity contribution < 1.29 is 4.79 Å². The monoisotopic (exact) mass is 342 g/mol. The first-order valence-electron chi connectivity index (χ1n) is 7.44. The molecule has 0 spiro atoms. The number of hydrogen-bond acceptors (Lipinski definition) is 6. The lowest BCUT2D eigenvalue weighted by Gasteiger charge is -2.23. The Morgan fingerprint density at radius 3 is 2.96 bits per heavy atom. The van der Waals surface area contributed by atoms with Crippen molar-refractivity contribution >= 4 is 17.2 Å². The van der Waals surface area contributed by atoms with Crippen LogP contribution in [0.5, 0.6) is 0 Å². The summed E-state index contributed by atoms with van der Waals surface area (Å²) in [5.74, 6) is 0.421. The molecule has 0 aliphatic rings. The van der Waals surface area contributed by atoms with Crippen molar-refractivity contribution in [3.05, 3.63) is 58.9 Å². The Morgan fingerprint density at radius 2 is 2.29 bits per heavy atom. The van der Waals surface area contributed by atoms with Gasteiger partial charge in [-0.3, -0.25) is 4.79 Å². The average Bonchev–Trinajstić information content (AvgIpc) is 3.28. The molecule has 3 aromatic rings. The average molecular weight is 342 g/mol. The van der Waals surface area contributed by atoms with Crippen LogP contribution in [0.15, 0.2) is 48.5 Å². The predicted molar refractivity (Wildman–Crippen MR) is 92.2 cm³/mol. The Morgan fingerprint density at radius 1 is 1.42 bits per heavy atom. The third-order valence-electron chi connectivity index (χ3n) is 3.61. The van der Waals surface area contributed by atoms with Gasteiger partial charge in [0, 0.05) is 23.2 Å². The normalized spacial score (nSPS) is 12.3. The van der Waals surface area contributed by atoms with Crippen molar-refractivity contribution in [3.63, 3.8) is 0 Å². The highest BCUT2D eigenvalue weighted by molar-refractivity contribution is 7.10. The van der Waals surface area contributed by atoms with Gasteiger partial charge in [0.2, 0.25) is 0 Å². The number of rotatable bonds is 6. The van der Waals surface area contributed by atoms with Crippen LogP contribution in [0, 0.1) is 0 Å². The van der Waals surface area contributed by atoms with Gasteiger partial charge in [0.25, 0.3) is 5.91 Å². The quantitative estimate of drug-likeness (QED) is 0.739. The SMILES string of the molecule is CN(C)[C@@H](CNC(=O)c1ccnc(-n2cncn2)c1)c1cccs1. The summed E-state index contributed by atoms with van der Waals surface area (Å²) in [7, 11) is 4.01. The van der Waals surface area contributed by atoms with Gasteiger partial charge in [-0.25, -0.2) is 14.6 Å². The predicted octanol–water partition coefficient (Wildman–Crippen LogP) is 1.76. The molecule has 0 bridgehead atoms. The summed E-state index contributed by atoms with van der Waals surface area (Å²) in [6.45, 7) is 0.535. The Bertz CT molecular complexity index is 785. The van der Waals surface area contributed by atoms with E-state index in [0.29, 0.717) is 17.9 Å². The number of pyridine rings is 1. The number of hydrogen-bond donors (Lipinski definition) is 1. The Kier molecular flexibility index (Phi) is 4.97. The smallest absolute Gasteiger partial charge is 0.251 e. The second-order valence-corrected chi connectivity index (χ2v) is 6.43. The van der Waals surface area contributed by atoms with E-state index in [1.165, 1.54) is 15.9 Å². The first-order valence-corrected chi connectivity index (χ1v) is 8.32. The lowest BCUT2D eigenvalue weighted by atomic mass is 10.2. The molecular formula is C16H18N6OS.